The van der Waals surface area contributed by atoms with Crippen LogP contribution in [0.15, 0.2) is 54.6 Å². The fourth-order valence-electron chi connectivity index (χ4n) is 2.55. The van der Waals surface area contributed by atoms with Crippen molar-refractivity contribution in [1.82, 2.24) is 0 Å². The topological polar surface area (TPSA) is 46.2 Å². The van der Waals surface area contributed by atoms with E-state index in [1.165, 1.54) is 17.4 Å². The lowest BCUT2D eigenvalue weighted by atomic mass is 9.92. The van der Waals surface area contributed by atoms with Crippen molar-refractivity contribution in [3.05, 3.63) is 70.9 Å². The first-order valence-corrected chi connectivity index (χ1v) is 7.63. The number of nitrogens with two attached hydrogens (primary N) is 1. The number of hydrogen-bond acceptors (Lipinski definition) is 3. The van der Waals surface area contributed by atoms with E-state index in [0.717, 1.165) is 15.0 Å². The van der Waals surface area contributed by atoms with Crippen LogP contribution in [0.2, 0.25) is 0 Å². The van der Waals surface area contributed by atoms with Gasteiger partial charge in [-0.2, -0.15) is 0 Å². The molecule has 1 aromatic heterocycles. The lowest BCUT2D eigenvalue weighted by Gasteiger charge is -2.21. The second-order valence-corrected chi connectivity index (χ2v) is 6.11. The molecule has 21 heavy (non-hydrogen) atoms. The molecular weight excluding hydrogens is 285 g/mol. The third-order valence-electron chi connectivity index (χ3n) is 3.68. The second kappa shape index (κ2) is 5.93. The van der Waals surface area contributed by atoms with E-state index >= 15 is 0 Å². The minimum Gasteiger partial charge on any atom is -0.387 e. The third-order valence-corrected chi connectivity index (χ3v) is 4.86. The van der Waals surface area contributed by atoms with Crippen LogP contribution < -0.4 is 5.73 Å². The van der Waals surface area contributed by atoms with Crippen LogP contribution in [-0.2, 0) is 0 Å². The van der Waals surface area contributed by atoms with Gasteiger partial charge in [0.25, 0.3) is 0 Å². The molecule has 3 rings (SSSR count). The van der Waals surface area contributed by atoms with Crippen LogP contribution in [0.25, 0.3) is 10.1 Å². The first kappa shape index (κ1) is 14.2. The second-order valence-electron chi connectivity index (χ2n) is 5.00. The van der Waals surface area contributed by atoms with Crippen molar-refractivity contribution < 1.29 is 9.50 Å². The molecular formula is C17H16FNOS. The lowest BCUT2D eigenvalue weighted by Crippen LogP contribution is -2.20. The van der Waals surface area contributed by atoms with Crippen molar-refractivity contribution in [2.24, 2.45) is 5.73 Å². The van der Waals surface area contributed by atoms with E-state index in [-0.39, 0.29) is 12.4 Å². The summed E-state index contributed by atoms with van der Waals surface area (Å²) in [6.45, 7) is 0.191. The molecule has 1 heterocycles. The molecule has 0 aliphatic heterocycles. The average Bonchev–Trinajstić information content (AvgIpc) is 2.93. The standard InChI is InChI=1S/C17H16FNOS/c18-14-7-3-2-6-12(14)13(10-19)17(20)16-9-11-5-1-4-8-15(11)21-16/h1-9,13,17,20H,10,19H2. The van der Waals surface area contributed by atoms with E-state index in [2.05, 4.69) is 0 Å². The molecule has 2 unspecified atom stereocenters. The number of aliphatic hydroxyl groups is 1. The van der Waals surface area contributed by atoms with Crippen LogP contribution in [0.5, 0.6) is 0 Å². The minimum atomic E-state index is -0.802. The summed E-state index contributed by atoms with van der Waals surface area (Å²) >= 11 is 1.52. The van der Waals surface area contributed by atoms with Crippen LogP contribution >= 0.6 is 11.3 Å². The molecule has 4 heteroatoms. The van der Waals surface area contributed by atoms with E-state index < -0.39 is 12.0 Å². The Morgan fingerprint density at radius 3 is 2.52 bits per heavy atom. The minimum absolute atomic E-state index is 0.191. The predicted molar refractivity (Wildman–Crippen MR) is 85.0 cm³/mol. The molecule has 0 saturated heterocycles. The molecule has 0 aliphatic rings. The molecule has 0 aliphatic carbocycles. The largest absolute Gasteiger partial charge is 0.387 e. The van der Waals surface area contributed by atoms with Gasteiger partial charge in [0.05, 0.1) is 6.10 Å². The van der Waals surface area contributed by atoms with Crippen LogP contribution in [0.3, 0.4) is 0 Å². The number of hydrogen-bond donors (Lipinski definition) is 2. The predicted octanol–water partition coefficient (Wildman–Crippen LogP) is 3.82. The quantitative estimate of drug-likeness (QED) is 0.769. The van der Waals surface area contributed by atoms with Gasteiger partial charge in [-0.15, -0.1) is 11.3 Å². The Balaban J connectivity index is 1.98. The van der Waals surface area contributed by atoms with Gasteiger partial charge in [-0.1, -0.05) is 36.4 Å². The number of halogens is 1. The highest BCUT2D eigenvalue weighted by molar-refractivity contribution is 7.19. The highest BCUT2D eigenvalue weighted by Gasteiger charge is 2.25. The summed E-state index contributed by atoms with van der Waals surface area (Å²) in [5.41, 5.74) is 6.25. The zero-order valence-electron chi connectivity index (χ0n) is 11.4. The molecule has 2 atom stereocenters. The molecule has 108 valence electrons. The van der Waals surface area contributed by atoms with Gasteiger partial charge in [0.15, 0.2) is 0 Å². The fraction of sp³-hybridized carbons (Fsp3) is 0.176. The fourth-order valence-corrected chi connectivity index (χ4v) is 3.66. The molecule has 0 saturated carbocycles. The Bertz CT molecular complexity index is 722. The molecule has 0 spiro atoms. The summed E-state index contributed by atoms with van der Waals surface area (Å²) in [6, 6.07) is 16.4. The lowest BCUT2D eigenvalue weighted by molar-refractivity contribution is 0.149. The molecule has 0 amide bonds. The van der Waals surface area contributed by atoms with Crippen molar-refractivity contribution in [2.75, 3.05) is 6.54 Å². The van der Waals surface area contributed by atoms with Gasteiger partial charge >= 0.3 is 0 Å². The Hall–Kier alpha value is -1.75. The number of aliphatic hydroxyl groups excluding tert-OH is 1. The normalized spacial score (nSPS) is 14.2. The van der Waals surface area contributed by atoms with E-state index in [9.17, 15) is 9.50 Å². The Kier molecular flexibility index (Phi) is 4.01. The SMILES string of the molecule is NCC(c1ccccc1F)C(O)c1cc2ccccc2s1. The Morgan fingerprint density at radius 2 is 1.81 bits per heavy atom. The Labute approximate surface area is 126 Å². The molecule has 0 fully saturated rings. The molecule has 2 nitrogen and oxygen atoms in total. The number of rotatable bonds is 4. The molecule has 2 aromatic carbocycles. The van der Waals surface area contributed by atoms with Gasteiger partial charge in [0, 0.05) is 22.0 Å². The smallest absolute Gasteiger partial charge is 0.126 e. The number of fused-ring (bicyclic) bond motifs is 1. The van der Waals surface area contributed by atoms with Gasteiger partial charge in [0.1, 0.15) is 5.82 Å². The van der Waals surface area contributed by atoms with E-state index in [0.29, 0.717) is 5.56 Å². The Morgan fingerprint density at radius 1 is 1.10 bits per heavy atom. The first-order valence-electron chi connectivity index (χ1n) is 6.81. The maximum absolute atomic E-state index is 13.9. The summed E-state index contributed by atoms with van der Waals surface area (Å²) in [7, 11) is 0. The van der Waals surface area contributed by atoms with Gasteiger partial charge in [-0.3, -0.25) is 0 Å². The van der Waals surface area contributed by atoms with Crippen molar-refractivity contribution in [3.8, 4) is 0 Å². The van der Waals surface area contributed by atoms with E-state index in [1.54, 1.807) is 18.2 Å². The third kappa shape index (κ3) is 2.70. The summed E-state index contributed by atoms with van der Waals surface area (Å²) in [6.07, 6.45) is -0.802. The maximum atomic E-state index is 13.9. The van der Waals surface area contributed by atoms with Crippen molar-refractivity contribution in [3.63, 3.8) is 0 Å². The van der Waals surface area contributed by atoms with Gasteiger partial charge in [-0.05, 0) is 29.1 Å². The van der Waals surface area contributed by atoms with Crippen molar-refractivity contribution in [2.45, 2.75) is 12.0 Å². The summed E-state index contributed by atoms with van der Waals surface area (Å²) in [4.78, 5) is 0.815. The first-order chi connectivity index (χ1) is 10.2. The maximum Gasteiger partial charge on any atom is 0.126 e. The summed E-state index contributed by atoms with van der Waals surface area (Å²) in [5, 5.41) is 11.7. The van der Waals surface area contributed by atoms with Crippen LogP contribution in [-0.4, -0.2) is 11.7 Å². The van der Waals surface area contributed by atoms with Gasteiger partial charge < -0.3 is 10.8 Å². The monoisotopic (exact) mass is 301 g/mol. The number of thiophene rings is 1. The van der Waals surface area contributed by atoms with Crippen LogP contribution in [0, 0.1) is 5.82 Å². The van der Waals surface area contributed by atoms with Crippen molar-refractivity contribution in [1.29, 1.82) is 0 Å². The summed E-state index contributed by atoms with van der Waals surface area (Å²) in [5.74, 6) is -0.771. The average molecular weight is 301 g/mol. The highest BCUT2D eigenvalue weighted by atomic mass is 32.1. The zero-order valence-corrected chi connectivity index (χ0v) is 12.2. The highest BCUT2D eigenvalue weighted by Crippen LogP contribution is 2.37. The molecule has 3 aromatic rings. The van der Waals surface area contributed by atoms with Crippen molar-refractivity contribution >= 4 is 21.4 Å². The van der Waals surface area contributed by atoms with Crippen LogP contribution in [0.1, 0.15) is 22.5 Å². The molecule has 0 radical (unpaired) electrons. The van der Waals surface area contributed by atoms with Crippen LogP contribution in [0.4, 0.5) is 4.39 Å². The van der Waals surface area contributed by atoms with E-state index in [4.69, 9.17) is 5.73 Å². The number of benzene rings is 2. The van der Waals surface area contributed by atoms with Gasteiger partial charge in [0.2, 0.25) is 0 Å². The van der Waals surface area contributed by atoms with E-state index in [1.807, 2.05) is 30.3 Å². The zero-order chi connectivity index (χ0) is 14.8. The van der Waals surface area contributed by atoms with Gasteiger partial charge in [-0.25, -0.2) is 4.39 Å². The molecule has 0 bridgehead atoms. The summed E-state index contributed by atoms with van der Waals surface area (Å²) < 4.78 is 15.1. The molecule has 3 N–H and O–H groups in total.